The van der Waals surface area contributed by atoms with Gasteiger partial charge >= 0.3 is 0 Å². The molecule has 6 heteroatoms. The molecule has 2 aromatic carbocycles. The lowest BCUT2D eigenvalue weighted by Gasteiger charge is -2.19. The Morgan fingerprint density at radius 2 is 1.79 bits per heavy atom. The Morgan fingerprint density at radius 3 is 2.45 bits per heavy atom. The van der Waals surface area contributed by atoms with E-state index < -0.39 is 0 Å². The molecule has 0 fully saturated rings. The van der Waals surface area contributed by atoms with Gasteiger partial charge in [0.2, 0.25) is 5.43 Å². The number of rotatable bonds is 6. The van der Waals surface area contributed by atoms with Crippen LogP contribution in [0.5, 0.6) is 5.75 Å². The maximum atomic E-state index is 13.2. The molecule has 0 spiro atoms. The first-order chi connectivity index (χ1) is 13.9. The summed E-state index contributed by atoms with van der Waals surface area (Å²) < 4.78 is 11.7. The van der Waals surface area contributed by atoms with Gasteiger partial charge in [0, 0.05) is 29.2 Å². The quantitative estimate of drug-likeness (QED) is 0.572. The zero-order valence-corrected chi connectivity index (χ0v) is 17.8. The molecule has 0 saturated carbocycles. The normalized spacial score (nSPS) is 10.9. The van der Waals surface area contributed by atoms with E-state index in [-0.39, 0.29) is 17.9 Å². The summed E-state index contributed by atoms with van der Waals surface area (Å²) in [5.74, 6) is 0.919. The van der Waals surface area contributed by atoms with Gasteiger partial charge in [0.05, 0.1) is 10.9 Å². The van der Waals surface area contributed by atoms with Crippen LogP contribution in [0.15, 0.2) is 45.6 Å². The molecule has 0 N–H and O–H groups in total. The van der Waals surface area contributed by atoms with Gasteiger partial charge in [0.1, 0.15) is 17.1 Å². The zero-order valence-electron chi connectivity index (χ0n) is 17.0. The average Bonchev–Trinajstić information content (AvgIpc) is 2.70. The number of ether oxygens (including phenoxy) is 1. The van der Waals surface area contributed by atoms with Crippen LogP contribution in [0, 0.1) is 13.8 Å². The minimum atomic E-state index is -0.147. The highest BCUT2D eigenvalue weighted by atomic mass is 35.5. The summed E-state index contributed by atoms with van der Waals surface area (Å²) in [6.07, 6.45) is 0. The Morgan fingerprint density at radius 1 is 1.10 bits per heavy atom. The molecule has 3 rings (SSSR count). The van der Waals surface area contributed by atoms with Crippen molar-refractivity contribution in [2.45, 2.75) is 27.7 Å². The monoisotopic (exact) mass is 413 g/mol. The van der Waals surface area contributed by atoms with Crippen LogP contribution < -0.4 is 10.2 Å². The lowest BCUT2D eigenvalue weighted by atomic mass is 10.0. The molecular formula is C23H24ClNO4. The summed E-state index contributed by atoms with van der Waals surface area (Å²) in [7, 11) is 0. The molecule has 0 bridgehead atoms. The van der Waals surface area contributed by atoms with Crippen LogP contribution in [0.3, 0.4) is 0 Å². The van der Waals surface area contributed by atoms with Crippen molar-refractivity contribution in [3.63, 3.8) is 0 Å². The molecule has 0 radical (unpaired) electrons. The van der Waals surface area contributed by atoms with Crippen LogP contribution in [0.25, 0.3) is 22.1 Å². The summed E-state index contributed by atoms with van der Waals surface area (Å²) in [5.41, 5.74) is 2.08. The SMILES string of the molecule is CCN(CC)C(=O)COc1ccc2c(=O)c(-c3ccccc3Cl)c(C)oc2c1C. The average molecular weight is 414 g/mol. The second-order valence-electron chi connectivity index (χ2n) is 6.76. The topological polar surface area (TPSA) is 59.8 Å². The molecular weight excluding hydrogens is 390 g/mol. The first kappa shape index (κ1) is 20.9. The fourth-order valence-electron chi connectivity index (χ4n) is 3.42. The van der Waals surface area contributed by atoms with Gasteiger partial charge in [-0.15, -0.1) is 0 Å². The smallest absolute Gasteiger partial charge is 0.260 e. The van der Waals surface area contributed by atoms with E-state index in [1.165, 1.54) is 0 Å². The van der Waals surface area contributed by atoms with Crippen molar-refractivity contribution in [1.82, 2.24) is 4.90 Å². The minimum Gasteiger partial charge on any atom is -0.483 e. The van der Waals surface area contributed by atoms with Crippen molar-refractivity contribution >= 4 is 28.5 Å². The Balaban J connectivity index is 2.02. The molecule has 1 amide bonds. The molecule has 3 aromatic rings. The molecule has 1 aromatic heterocycles. The lowest BCUT2D eigenvalue weighted by Crippen LogP contribution is -2.34. The van der Waals surface area contributed by atoms with Crippen LogP contribution in [-0.2, 0) is 4.79 Å². The highest BCUT2D eigenvalue weighted by molar-refractivity contribution is 6.33. The number of benzene rings is 2. The number of fused-ring (bicyclic) bond motifs is 1. The van der Waals surface area contributed by atoms with E-state index in [9.17, 15) is 9.59 Å². The van der Waals surface area contributed by atoms with E-state index in [4.69, 9.17) is 20.8 Å². The van der Waals surface area contributed by atoms with E-state index >= 15 is 0 Å². The van der Waals surface area contributed by atoms with E-state index in [1.807, 2.05) is 32.9 Å². The number of halogens is 1. The predicted molar refractivity (Wildman–Crippen MR) is 116 cm³/mol. The van der Waals surface area contributed by atoms with E-state index in [0.29, 0.717) is 57.3 Å². The second kappa shape index (κ2) is 8.70. The summed E-state index contributed by atoms with van der Waals surface area (Å²) >= 11 is 6.29. The van der Waals surface area contributed by atoms with Gasteiger partial charge < -0.3 is 14.1 Å². The molecule has 5 nitrogen and oxygen atoms in total. The van der Waals surface area contributed by atoms with Gasteiger partial charge in [-0.25, -0.2) is 0 Å². The predicted octanol–water partition coefficient (Wildman–Crippen LogP) is 4.98. The molecule has 0 unspecified atom stereocenters. The number of aryl methyl sites for hydroxylation is 2. The summed E-state index contributed by atoms with van der Waals surface area (Å²) in [6.45, 7) is 8.62. The van der Waals surface area contributed by atoms with E-state index in [0.717, 1.165) is 0 Å². The lowest BCUT2D eigenvalue weighted by molar-refractivity contribution is -0.132. The molecule has 152 valence electrons. The molecule has 0 atom stereocenters. The number of likely N-dealkylation sites (N-methyl/N-ethyl adjacent to an activating group) is 1. The fourth-order valence-corrected chi connectivity index (χ4v) is 3.65. The van der Waals surface area contributed by atoms with Crippen molar-refractivity contribution < 1.29 is 13.9 Å². The molecule has 0 aliphatic heterocycles. The number of carbonyl (C=O) groups excluding carboxylic acids is 1. The zero-order chi connectivity index (χ0) is 21.1. The number of hydrogen-bond acceptors (Lipinski definition) is 4. The number of hydrogen-bond donors (Lipinski definition) is 0. The molecule has 0 saturated heterocycles. The summed E-state index contributed by atoms with van der Waals surface area (Å²) in [6, 6.07) is 10.6. The molecule has 0 aliphatic rings. The standard InChI is InChI=1S/C23H24ClNO4/c1-5-25(6-2)20(26)13-28-19-12-11-17-22(27)21(15(4)29-23(17)14(19)3)16-9-7-8-10-18(16)24/h7-12H,5-6,13H2,1-4H3. The number of carbonyl (C=O) groups is 1. The number of nitrogens with zero attached hydrogens (tertiary/aromatic N) is 1. The van der Waals surface area contributed by atoms with E-state index in [1.54, 1.807) is 36.1 Å². The molecule has 29 heavy (non-hydrogen) atoms. The van der Waals surface area contributed by atoms with Crippen LogP contribution in [0.1, 0.15) is 25.2 Å². The van der Waals surface area contributed by atoms with Crippen LogP contribution in [0.4, 0.5) is 0 Å². The highest BCUT2D eigenvalue weighted by Gasteiger charge is 2.19. The number of amides is 1. The second-order valence-corrected chi connectivity index (χ2v) is 7.17. The van der Waals surface area contributed by atoms with Crippen LogP contribution in [-0.4, -0.2) is 30.5 Å². The van der Waals surface area contributed by atoms with Crippen molar-refractivity contribution in [3.05, 3.63) is 63.0 Å². The third-order valence-electron chi connectivity index (χ3n) is 5.05. The maximum Gasteiger partial charge on any atom is 0.260 e. The first-order valence-electron chi connectivity index (χ1n) is 9.61. The van der Waals surface area contributed by atoms with E-state index in [2.05, 4.69) is 0 Å². The minimum absolute atomic E-state index is 0.0606. The van der Waals surface area contributed by atoms with Gasteiger partial charge in [-0.3, -0.25) is 9.59 Å². The van der Waals surface area contributed by atoms with Crippen LogP contribution >= 0.6 is 11.6 Å². The van der Waals surface area contributed by atoms with Gasteiger partial charge in [-0.1, -0.05) is 29.8 Å². The highest BCUT2D eigenvalue weighted by Crippen LogP contribution is 2.32. The third kappa shape index (κ3) is 4.01. The van der Waals surface area contributed by atoms with Gasteiger partial charge in [0.15, 0.2) is 6.61 Å². The van der Waals surface area contributed by atoms with Crippen molar-refractivity contribution in [3.8, 4) is 16.9 Å². The summed E-state index contributed by atoms with van der Waals surface area (Å²) in [5, 5.41) is 0.944. The van der Waals surface area contributed by atoms with Gasteiger partial charge in [0.25, 0.3) is 5.91 Å². The fraction of sp³-hybridized carbons (Fsp3) is 0.304. The Kier molecular flexibility index (Phi) is 6.28. The van der Waals surface area contributed by atoms with Crippen molar-refractivity contribution in [2.75, 3.05) is 19.7 Å². The van der Waals surface area contributed by atoms with Crippen LogP contribution in [0.2, 0.25) is 5.02 Å². The van der Waals surface area contributed by atoms with Gasteiger partial charge in [-0.05, 0) is 45.9 Å². The van der Waals surface area contributed by atoms with Crippen molar-refractivity contribution in [2.24, 2.45) is 0 Å². The Hall–Kier alpha value is -2.79. The first-order valence-corrected chi connectivity index (χ1v) is 9.99. The van der Waals surface area contributed by atoms with Crippen molar-refractivity contribution in [1.29, 1.82) is 0 Å². The Bertz CT molecular complexity index is 1120. The molecule has 1 heterocycles. The maximum absolute atomic E-state index is 13.2. The Labute approximate surface area is 174 Å². The van der Waals surface area contributed by atoms with Gasteiger partial charge in [-0.2, -0.15) is 0 Å². The third-order valence-corrected chi connectivity index (χ3v) is 5.38. The molecule has 0 aliphatic carbocycles. The summed E-state index contributed by atoms with van der Waals surface area (Å²) in [4.78, 5) is 27.1. The largest absolute Gasteiger partial charge is 0.483 e.